The molecule has 72 valence electrons. The second kappa shape index (κ2) is 5.40. The van der Waals surface area contributed by atoms with Crippen LogP contribution in [0.4, 0.5) is 0 Å². The van der Waals surface area contributed by atoms with Crippen LogP contribution in [-0.4, -0.2) is 28.0 Å². The first kappa shape index (κ1) is 10.7. The van der Waals surface area contributed by atoms with E-state index < -0.39 is 0 Å². The van der Waals surface area contributed by atoms with Crippen molar-refractivity contribution >= 4 is 23.5 Å². The molecule has 1 rings (SSSR count). The molecule has 2 unspecified atom stereocenters. The van der Waals surface area contributed by atoms with Crippen molar-refractivity contribution in [1.29, 1.82) is 0 Å². The molecule has 1 aliphatic rings. The van der Waals surface area contributed by atoms with E-state index in [4.69, 9.17) is 5.73 Å². The molecule has 3 atom stereocenters. The molecule has 12 heavy (non-hydrogen) atoms. The standard InChI is InChI=1S/C9H19NS2/c1-3-4-8(10)9-7(2)11-5-6-12-9/h7-9H,3-6,10H2,1-2H3/t7?,8-,9?/m0/s1. The van der Waals surface area contributed by atoms with E-state index in [1.807, 2.05) is 0 Å². The average Bonchev–Trinajstić information content (AvgIpc) is 2.05. The van der Waals surface area contributed by atoms with E-state index in [0.717, 1.165) is 5.25 Å². The summed E-state index contributed by atoms with van der Waals surface area (Å²) in [6.07, 6.45) is 2.40. The first-order valence-corrected chi connectivity index (χ1v) is 6.84. The largest absolute Gasteiger partial charge is 0.327 e. The van der Waals surface area contributed by atoms with Gasteiger partial charge >= 0.3 is 0 Å². The van der Waals surface area contributed by atoms with Crippen LogP contribution in [0.2, 0.25) is 0 Å². The molecule has 1 aliphatic heterocycles. The van der Waals surface area contributed by atoms with E-state index in [1.165, 1.54) is 24.3 Å². The lowest BCUT2D eigenvalue weighted by Crippen LogP contribution is -2.40. The molecule has 1 saturated heterocycles. The zero-order chi connectivity index (χ0) is 8.97. The topological polar surface area (TPSA) is 26.0 Å². The van der Waals surface area contributed by atoms with Gasteiger partial charge in [-0.3, -0.25) is 0 Å². The second-order valence-electron chi connectivity index (χ2n) is 3.36. The van der Waals surface area contributed by atoms with Gasteiger partial charge in [-0.25, -0.2) is 0 Å². The van der Waals surface area contributed by atoms with Gasteiger partial charge in [0.05, 0.1) is 0 Å². The van der Waals surface area contributed by atoms with Crippen LogP contribution < -0.4 is 5.73 Å². The first-order chi connectivity index (χ1) is 5.75. The van der Waals surface area contributed by atoms with E-state index in [2.05, 4.69) is 37.4 Å². The van der Waals surface area contributed by atoms with Crippen molar-refractivity contribution in [3.8, 4) is 0 Å². The lowest BCUT2D eigenvalue weighted by molar-refractivity contribution is 0.571. The summed E-state index contributed by atoms with van der Waals surface area (Å²) >= 11 is 4.15. The van der Waals surface area contributed by atoms with Gasteiger partial charge in [0.2, 0.25) is 0 Å². The fourth-order valence-corrected chi connectivity index (χ4v) is 4.55. The molecule has 0 aliphatic carbocycles. The van der Waals surface area contributed by atoms with Gasteiger partial charge < -0.3 is 5.73 Å². The van der Waals surface area contributed by atoms with Crippen molar-refractivity contribution in [2.45, 2.75) is 43.2 Å². The lowest BCUT2D eigenvalue weighted by Gasteiger charge is -2.32. The van der Waals surface area contributed by atoms with Gasteiger partial charge in [0.1, 0.15) is 0 Å². The van der Waals surface area contributed by atoms with Gasteiger partial charge in [-0.15, -0.1) is 0 Å². The second-order valence-corrected chi connectivity index (χ2v) is 6.13. The normalized spacial score (nSPS) is 33.2. The van der Waals surface area contributed by atoms with Crippen LogP contribution in [0.5, 0.6) is 0 Å². The van der Waals surface area contributed by atoms with Crippen LogP contribution in [0.3, 0.4) is 0 Å². The van der Waals surface area contributed by atoms with Crippen LogP contribution in [-0.2, 0) is 0 Å². The Hall–Kier alpha value is 0.660. The van der Waals surface area contributed by atoms with Crippen molar-refractivity contribution in [3.05, 3.63) is 0 Å². The molecular formula is C9H19NS2. The summed E-state index contributed by atoms with van der Waals surface area (Å²) in [5.41, 5.74) is 6.12. The molecule has 1 heterocycles. The van der Waals surface area contributed by atoms with Gasteiger partial charge in [-0.1, -0.05) is 20.3 Å². The van der Waals surface area contributed by atoms with E-state index in [1.54, 1.807) is 0 Å². The maximum Gasteiger partial charge on any atom is 0.0315 e. The van der Waals surface area contributed by atoms with Crippen LogP contribution in [0, 0.1) is 0 Å². The lowest BCUT2D eigenvalue weighted by atomic mass is 10.1. The van der Waals surface area contributed by atoms with Crippen molar-refractivity contribution < 1.29 is 0 Å². The minimum atomic E-state index is 0.419. The number of thioether (sulfide) groups is 2. The fraction of sp³-hybridized carbons (Fsp3) is 1.00. The average molecular weight is 205 g/mol. The number of nitrogens with two attached hydrogens (primary N) is 1. The fourth-order valence-electron chi connectivity index (χ4n) is 1.62. The SMILES string of the molecule is CCC[C@H](N)C1SCCSC1C. The monoisotopic (exact) mass is 205 g/mol. The molecular weight excluding hydrogens is 186 g/mol. The summed E-state index contributed by atoms with van der Waals surface area (Å²) in [5, 5.41) is 1.45. The van der Waals surface area contributed by atoms with Crippen molar-refractivity contribution in [1.82, 2.24) is 0 Å². The molecule has 0 radical (unpaired) electrons. The zero-order valence-corrected chi connectivity index (χ0v) is 9.59. The maximum atomic E-state index is 6.12. The summed E-state index contributed by atoms with van der Waals surface area (Å²) in [5.74, 6) is 2.60. The molecule has 3 heteroatoms. The van der Waals surface area contributed by atoms with Gasteiger partial charge in [0.25, 0.3) is 0 Å². The van der Waals surface area contributed by atoms with E-state index in [0.29, 0.717) is 11.3 Å². The first-order valence-electron chi connectivity index (χ1n) is 4.74. The third-order valence-corrected chi connectivity index (χ3v) is 5.55. The maximum absolute atomic E-state index is 6.12. The molecule has 0 saturated carbocycles. The van der Waals surface area contributed by atoms with Crippen LogP contribution in [0.25, 0.3) is 0 Å². The highest BCUT2D eigenvalue weighted by Crippen LogP contribution is 2.33. The summed E-state index contributed by atoms with van der Waals surface area (Å²) in [6.45, 7) is 4.53. The van der Waals surface area contributed by atoms with Crippen LogP contribution >= 0.6 is 23.5 Å². The Bertz CT molecular complexity index is 130. The number of hydrogen-bond donors (Lipinski definition) is 1. The molecule has 0 bridgehead atoms. The minimum absolute atomic E-state index is 0.419. The van der Waals surface area contributed by atoms with Gasteiger partial charge in [-0.05, 0) is 6.42 Å². The smallest absolute Gasteiger partial charge is 0.0315 e. The molecule has 1 fully saturated rings. The van der Waals surface area contributed by atoms with Crippen LogP contribution in [0.15, 0.2) is 0 Å². The Labute approximate surface area is 84.2 Å². The van der Waals surface area contributed by atoms with E-state index in [-0.39, 0.29) is 0 Å². The molecule has 0 aromatic rings. The predicted molar refractivity (Wildman–Crippen MR) is 61.0 cm³/mol. The predicted octanol–water partition coefficient (Wildman–Crippen LogP) is 2.35. The van der Waals surface area contributed by atoms with Gasteiger partial charge in [0, 0.05) is 28.0 Å². The zero-order valence-electron chi connectivity index (χ0n) is 7.95. The van der Waals surface area contributed by atoms with E-state index >= 15 is 0 Å². The molecule has 1 nitrogen and oxygen atoms in total. The highest BCUT2D eigenvalue weighted by atomic mass is 32.2. The number of rotatable bonds is 3. The Morgan fingerprint density at radius 1 is 1.42 bits per heavy atom. The molecule has 2 N–H and O–H groups in total. The summed E-state index contributed by atoms with van der Waals surface area (Å²) < 4.78 is 0. The Kier molecular flexibility index (Phi) is 4.84. The summed E-state index contributed by atoms with van der Waals surface area (Å²) in [6, 6.07) is 0.419. The van der Waals surface area contributed by atoms with Crippen molar-refractivity contribution in [3.63, 3.8) is 0 Å². The van der Waals surface area contributed by atoms with Crippen molar-refractivity contribution in [2.75, 3.05) is 11.5 Å². The van der Waals surface area contributed by atoms with Gasteiger partial charge in [-0.2, -0.15) is 23.5 Å². The summed E-state index contributed by atoms with van der Waals surface area (Å²) in [7, 11) is 0. The third kappa shape index (κ3) is 2.86. The highest BCUT2D eigenvalue weighted by molar-refractivity contribution is 8.07. The molecule has 0 aromatic heterocycles. The Morgan fingerprint density at radius 3 is 2.67 bits per heavy atom. The highest BCUT2D eigenvalue weighted by Gasteiger charge is 2.27. The van der Waals surface area contributed by atoms with Crippen LogP contribution in [0.1, 0.15) is 26.7 Å². The third-order valence-electron chi connectivity index (χ3n) is 2.28. The van der Waals surface area contributed by atoms with Gasteiger partial charge in [0.15, 0.2) is 0 Å². The van der Waals surface area contributed by atoms with E-state index in [9.17, 15) is 0 Å². The quantitative estimate of drug-likeness (QED) is 0.766. The minimum Gasteiger partial charge on any atom is -0.327 e. The molecule has 0 amide bonds. The van der Waals surface area contributed by atoms with Crippen molar-refractivity contribution in [2.24, 2.45) is 5.73 Å². The number of hydrogen-bond acceptors (Lipinski definition) is 3. The summed E-state index contributed by atoms with van der Waals surface area (Å²) in [4.78, 5) is 0. The molecule has 0 aromatic carbocycles. The Balaban J connectivity index is 2.36. The molecule has 0 spiro atoms. The Morgan fingerprint density at radius 2 is 2.08 bits per heavy atom.